The van der Waals surface area contributed by atoms with Crippen LogP contribution in [0.2, 0.25) is 0 Å². The first-order valence-corrected chi connectivity index (χ1v) is 3.47. The minimum Gasteiger partial charge on any atom is -0.418 e. The van der Waals surface area contributed by atoms with Crippen LogP contribution in [0.25, 0.3) is 0 Å². The van der Waals surface area contributed by atoms with Gasteiger partial charge in [-0.25, -0.2) is 4.99 Å². The van der Waals surface area contributed by atoms with Crippen molar-refractivity contribution in [2.24, 2.45) is 4.99 Å². The predicted molar refractivity (Wildman–Crippen MR) is 43.8 cm³/mol. The van der Waals surface area contributed by atoms with Crippen LogP contribution in [-0.4, -0.2) is 20.1 Å². The number of halogens is 4. The summed E-state index contributed by atoms with van der Waals surface area (Å²) >= 11 is 0. The van der Waals surface area contributed by atoms with Crippen molar-refractivity contribution < 1.29 is 22.2 Å². The van der Waals surface area contributed by atoms with Crippen LogP contribution in [0.15, 0.2) is 30.0 Å². The quantitative estimate of drug-likeness (QED) is 0.383. The molecule has 7 heteroatoms. The average molecular weight is 196 g/mol. The zero-order chi connectivity index (χ0) is 10.3. The Morgan fingerprint density at radius 2 is 1.92 bits per heavy atom. The van der Waals surface area contributed by atoms with Crippen molar-refractivity contribution >= 4 is 13.6 Å². The van der Waals surface area contributed by atoms with Crippen LogP contribution >= 0.6 is 0 Å². The Hall–Kier alpha value is -1.11. The SMILES string of the molecule is C=CC[NH+]1C=CN=C1.F[B-](F)(F)F. The number of rotatable bonds is 2. The second kappa shape index (κ2) is 5.53. The Balaban J connectivity index is 0.000000252. The number of nitrogens with zero attached hydrogens (tertiary/aromatic N) is 1. The number of hydrogen-bond donors (Lipinski definition) is 1. The summed E-state index contributed by atoms with van der Waals surface area (Å²) in [5, 5.41) is 0. The lowest BCUT2D eigenvalue weighted by atomic mass is 10.3. The van der Waals surface area contributed by atoms with Crippen molar-refractivity contribution in [3.63, 3.8) is 0 Å². The molecule has 1 atom stereocenters. The third-order valence-corrected chi connectivity index (χ3v) is 0.995. The van der Waals surface area contributed by atoms with Crippen molar-refractivity contribution in [1.82, 2.24) is 0 Å². The molecule has 0 saturated carbocycles. The molecule has 0 saturated heterocycles. The summed E-state index contributed by atoms with van der Waals surface area (Å²) in [5.74, 6) is 0. The average Bonchev–Trinajstić information content (AvgIpc) is 2.36. The summed E-state index contributed by atoms with van der Waals surface area (Å²) < 4.78 is 39.0. The van der Waals surface area contributed by atoms with Gasteiger partial charge in [0, 0.05) is 0 Å². The Bertz CT molecular complexity index is 193. The highest BCUT2D eigenvalue weighted by Crippen LogP contribution is 2.06. The minimum atomic E-state index is -6.00. The lowest BCUT2D eigenvalue weighted by molar-refractivity contribution is -0.728. The van der Waals surface area contributed by atoms with Crippen molar-refractivity contribution in [2.75, 3.05) is 6.54 Å². The van der Waals surface area contributed by atoms with Crippen molar-refractivity contribution in [2.45, 2.75) is 0 Å². The van der Waals surface area contributed by atoms with Gasteiger partial charge in [0.2, 0.25) is 0 Å². The summed E-state index contributed by atoms with van der Waals surface area (Å²) in [7, 11) is -6.00. The maximum atomic E-state index is 9.75. The normalized spacial score (nSPS) is 19.5. The Kier molecular flexibility index (Phi) is 5.06. The third kappa shape index (κ3) is 10.9. The molecule has 1 N–H and O–H groups in total. The lowest BCUT2D eigenvalue weighted by Crippen LogP contribution is -3.05. The van der Waals surface area contributed by atoms with E-state index in [0.717, 1.165) is 6.54 Å². The molecule has 0 amide bonds. The van der Waals surface area contributed by atoms with Crippen LogP contribution < -0.4 is 4.90 Å². The predicted octanol–water partition coefficient (Wildman–Crippen LogP) is 0.870. The Morgan fingerprint density at radius 1 is 1.38 bits per heavy atom. The van der Waals surface area contributed by atoms with Gasteiger partial charge in [-0.3, -0.25) is 4.90 Å². The molecule has 0 aromatic rings. The molecule has 0 aliphatic carbocycles. The van der Waals surface area contributed by atoms with Crippen molar-refractivity contribution in [1.29, 1.82) is 0 Å². The number of aliphatic imine (C=N–C) groups is 1. The molecule has 13 heavy (non-hydrogen) atoms. The fourth-order valence-corrected chi connectivity index (χ4v) is 0.608. The zero-order valence-corrected chi connectivity index (χ0v) is 6.76. The molecular formula is C6H9BF4N2. The number of hydrogen-bond acceptors (Lipinski definition) is 1. The largest absolute Gasteiger partial charge is 0.673 e. The first-order valence-electron chi connectivity index (χ1n) is 3.47. The summed E-state index contributed by atoms with van der Waals surface area (Å²) in [4.78, 5) is 5.13. The van der Waals surface area contributed by atoms with Crippen LogP contribution in [0, 0.1) is 0 Å². The van der Waals surface area contributed by atoms with Gasteiger partial charge in [-0.2, -0.15) is 0 Å². The van der Waals surface area contributed by atoms with Gasteiger partial charge >= 0.3 is 7.25 Å². The van der Waals surface area contributed by atoms with E-state index in [2.05, 4.69) is 11.6 Å². The van der Waals surface area contributed by atoms with Gasteiger partial charge in [0.15, 0.2) is 6.34 Å². The van der Waals surface area contributed by atoms with E-state index in [1.807, 2.05) is 18.6 Å². The van der Waals surface area contributed by atoms with E-state index in [-0.39, 0.29) is 0 Å². The summed E-state index contributed by atoms with van der Waals surface area (Å²) in [5.41, 5.74) is 0. The smallest absolute Gasteiger partial charge is 0.418 e. The van der Waals surface area contributed by atoms with Crippen LogP contribution in [0.5, 0.6) is 0 Å². The number of nitrogens with one attached hydrogen (secondary N) is 1. The monoisotopic (exact) mass is 196 g/mol. The highest BCUT2D eigenvalue weighted by molar-refractivity contribution is 6.50. The second-order valence-corrected chi connectivity index (χ2v) is 2.16. The molecule has 74 valence electrons. The van der Waals surface area contributed by atoms with Gasteiger partial charge in [-0.05, 0) is 6.08 Å². The molecular weight excluding hydrogens is 187 g/mol. The summed E-state index contributed by atoms with van der Waals surface area (Å²) in [6.07, 6.45) is 7.50. The first-order chi connectivity index (χ1) is 5.93. The summed E-state index contributed by atoms with van der Waals surface area (Å²) in [6, 6.07) is 0. The highest BCUT2D eigenvalue weighted by atomic mass is 19.5. The molecule has 1 unspecified atom stereocenters. The molecule has 0 radical (unpaired) electrons. The molecule has 1 aliphatic rings. The highest BCUT2D eigenvalue weighted by Gasteiger charge is 2.20. The van der Waals surface area contributed by atoms with Crippen LogP contribution in [0.3, 0.4) is 0 Å². The standard InChI is InChI=1S/C6H8N2.BF4/c1-2-4-8-5-3-7-6-8;2-1(3,4)5/h2-3,5-6H,1,4H2;/q;-1/p+1. The molecule has 1 heterocycles. The van der Waals surface area contributed by atoms with Gasteiger partial charge in [0.05, 0.1) is 6.20 Å². The summed E-state index contributed by atoms with van der Waals surface area (Å²) in [6.45, 7) is 4.54. The second-order valence-electron chi connectivity index (χ2n) is 2.16. The topological polar surface area (TPSA) is 16.8 Å². The Labute approximate surface area is 73.4 Å². The van der Waals surface area contributed by atoms with E-state index in [4.69, 9.17) is 0 Å². The maximum Gasteiger partial charge on any atom is 0.673 e. The molecule has 0 aromatic heterocycles. The van der Waals surface area contributed by atoms with Crippen molar-refractivity contribution in [3.8, 4) is 0 Å². The molecule has 0 bridgehead atoms. The molecule has 1 rings (SSSR count). The minimum absolute atomic E-state index is 0.931. The first kappa shape index (κ1) is 11.9. The maximum absolute atomic E-state index is 9.75. The Morgan fingerprint density at radius 3 is 2.23 bits per heavy atom. The molecule has 0 spiro atoms. The lowest BCUT2D eigenvalue weighted by Gasteiger charge is -1.97. The fourth-order valence-electron chi connectivity index (χ4n) is 0.608. The van der Waals surface area contributed by atoms with Gasteiger partial charge < -0.3 is 17.3 Å². The number of quaternary nitrogens is 1. The van der Waals surface area contributed by atoms with Gasteiger partial charge in [0.1, 0.15) is 12.7 Å². The zero-order valence-electron chi connectivity index (χ0n) is 6.76. The molecule has 0 fully saturated rings. The van der Waals surface area contributed by atoms with E-state index in [1.54, 1.807) is 6.20 Å². The molecule has 2 nitrogen and oxygen atoms in total. The van der Waals surface area contributed by atoms with Crippen LogP contribution in [0.4, 0.5) is 17.3 Å². The van der Waals surface area contributed by atoms with E-state index in [1.165, 1.54) is 4.90 Å². The van der Waals surface area contributed by atoms with Gasteiger partial charge in [0.25, 0.3) is 0 Å². The van der Waals surface area contributed by atoms with Crippen LogP contribution in [-0.2, 0) is 0 Å². The van der Waals surface area contributed by atoms with Crippen molar-refractivity contribution in [3.05, 3.63) is 25.1 Å². The molecule has 1 aliphatic heterocycles. The van der Waals surface area contributed by atoms with E-state index < -0.39 is 7.25 Å². The third-order valence-electron chi connectivity index (χ3n) is 0.995. The van der Waals surface area contributed by atoms with Crippen LogP contribution in [0.1, 0.15) is 0 Å². The van der Waals surface area contributed by atoms with E-state index >= 15 is 0 Å². The van der Waals surface area contributed by atoms with Gasteiger partial charge in [-0.15, -0.1) is 0 Å². The van der Waals surface area contributed by atoms with Gasteiger partial charge in [-0.1, -0.05) is 6.58 Å². The fraction of sp³-hybridized carbons (Fsp3) is 0.167. The van der Waals surface area contributed by atoms with E-state index in [0.29, 0.717) is 0 Å². The van der Waals surface area contributed by atoms with E-state index in [9.17, 15) is 17.3 Å². The molecule has 0 aromatic carbocycles.